The molecule has 0 N–H and O–H groups in total. The number of aryl methyl sites for hydroxylation is 1. The Kier molecular flexibility index (Phi) is 13.4. The molecule has 0 fully saturated rings. The maximum absolute atomic E-state index is 12.7. The lowest BCUT2D eigenvalue weighted by atomic mass is 10.2. The van der Waals surface area contributed by atoms with Gasteiger partial charge in [-0.15, -0.1) is 0 Å². The minimum Gasteiger partial charge on any atom is -0.494 e. The summed E-state index contributed by atoms with van der Waals surface area (Å²) in [5, 5.41) is 0. The molecule has 224 valence electrons. The first-order valence-electron chi connectivity index (χ1n) is 14.1. The maximum atomic E-state index is 12.7. The fourth-order valence-electron chi connectivity index (χ4n) is 3.75. The van der Waals surface area contributed by atoms with Gasteiger partial charge in [-0.2, -0.15) is 0 Å². The molecule has 3 aromatic carbocycles. The summed E-state index contributed by atoms with van der Waals surface area (Å²) in [7, 11) is 0. The summed E-state index contributed by atoms with van der Waals surface area (Å²) in [4.78, 5) is 36.0. The van der Waals surface area contributed by atoms with Gasteiger partial charge in [0.1, 0.15) is 23.0 Å². The Morgan fingerprint density at radius 3 is 1.64 bits per heavy atom. The van der Waals surface area contributed by atoms with Crippen molar-refractivity contribution in [2.45, 2.75) is 46.5 Å². The highest BCUT2D eigenvalue weighted by Gasteiger charge is 2.14. The van der Waals surface area contributed by atoms with Crippen LogP contribution in [-0.2, 0) is 14.3 Å². The predicted octanol–water partition coefficient (Wildman–Crippen LogP) is 6.35. The van der Waals surface area contributed by atoms with Gasteiger partial charge in [0.05, 0.1) is 30.9 Å². The smallest absolute Gasteiger partial charge is 0.343 e. The average molecular weight is 579 g/mol. The van der Waals surface area contributed by atoms with E-state index in [1.165, 1.54) is 6.92 Å². The maximum Gasteiger partial charge on any atom is 0.343 e. The topological polar surface area (TPSA) is 107 Å². The van der Waals surface area contributed by atoms with Crippen LogP contribution in [0.15, 0.2) is 66.7 Å². The minimum atomic E-state index is -0.521. The summed E-state index contributed by atoms with van der Waals surface area (Å²) >= 11 is 0. The number of esters is 3. The Hall–Kier alpha value is -4.37. The molecule has 0 aliphatic heterocycles. The van der Waals surface area contributed by atoms with Crippen molar-refractivity contribution in [1.29, 1.82) is 0 Å². The van der Waals surface area contributed by atoms with E-state index in [1.54, 1.807) is 73.7 Å². The van der Waals surface area contributed by atoms with Crippen LogP contribution in [0.25, 0.3) is 0 Å². The summed E-state index contributed by atoms with van der Waals surface area (Å²) in [6.45, 7) is 7.96. The molecule has 0 saturated carbocycles. The number of carbonyl (C=O) groups excluding carboxylic acids is 3. The van der Waals surface area contributed by atoms with Gasteiger partial charge in [0, 0.05) is 20.1 Å². The lowest BCUT2D eigenvalue weighted by Crippen LogP contribution is -2.11. The van der Waals surface area contributed by atoms with E-state index < -0.39 is 11.9 Å². The fourth-order valence-corrected chi connectivity index (χ4v) is 3.75. The summed E-state index contributed by atoms with van der Waals surface area (Å²) in [5.74, 6) is 0.673. The minimum absolute atomic E-state index is 0.295. The van der Waals surface area contributed by atoms with E-state index in [0.29, 0.717) is 72.5 Å². The van der Waals surface area contributed by atoms with E-state index in [-0.39, 0.29) is 5.97 Å². The zero-order chi connectivity index (χ0) is 30.2. The summed E-state index contributed by atoms with van der Waals surface area (Å²) < 4.78 is 32.6. The summed E-state index contributed by atoms with van der Waals surface area (Å²) in [6, 6.07) is 18.2. The first-order valence-corrected chi connectivity index (χ1v) is 14.1. The van der Waals surface area contributed by atoms with Crippen molar-refractivity contribution < 1.29 is 42.8 Å². The van der Waals surface area contributed by atoms with Crippen LogP contribution in [0.4, 0.5) is 0 Å². The molecule has 0 aliphatic carbocycles. The van der Waals surface area contributed by atoms with Crippen molar-refractivity contribution in [3.63, 3.8) is 0 Å². The second kappa shape index (κ2) is 17.4. The highest BCUT2D eigenvalue weighted by atomic mass is 16.5. The third kappa shape index (κ3) is 11.2. The van der Waals surface area contributed by atoms with Crippen molar-refractivity contribution >= 4 is 17.9 Å². The zero-order valence-corrected chi connectivity index (χ0v) is 24.4. The van der Waals surface area contributed by atoms with Crippen LogP contribution < -0.4 is 18.9 Å². The van der Waals surface area contributed by atoms with E-state index >= 15 is 0 Å². The van der Waals surface area contributed by atoms with Gasteiger partial charge in [0.2, 0.25) is 0 Å². The molecule has 0 aromatic heterocycles. The average Bonchev–Trinajstić information content (AvgIpc) is 2.98. The van der Waals surface area contributed by atoms with Crippen molar-refractivity contribution in [1.82, 2.24) is 0 Å². The molecule has 0 aliphatic rings. The molecule has 0 heterocycles. The molecule has 3 aromatic rings. The molecule has 0 amide bonds. The van der Waals surface area contributed by atoms with Gasteiger partial charge >= 0.3 is 17.9 Å². The van der Waals surface area contributed by atoms with Crippen LogP contribution in [0.2, 0.25) is 0 Å². The fraction of sp³-hybridized carbons (Fsp3) is 0.364. The van der Waals surface area contributed by atoms with Crippen molar-refractivity contribution in [3.05, 3.63) is 83.4 Å². The number of benzene rings is 3. The second-order valence-corrected chi connectivity index (χ2v) is 9.40. The van der Waals surface area contributed by atoms with E-state index in [2.05, 4.69) is 0 Å². The van der Waals surface area contributed by atoms with Gasteiger partial charge in [-0.1, -0.05) is 0 Å². The second-order valence-electron chi connectivity index (χ2n) is 9.40. The van der Waals surface area contributed by atoms with E-state index in [0.717, 1.165) is 25.9 Å². The first kappa shape index (κ1) is 32.1. The Morgan fingerprint density at radius 2 is 1.12 bits per heavy atom. The third-order valence-corrected chi connectivity index (χ3v) is 6.01. The SMILES string of the molecule is CCOCCCCOc1ccc(C(=O)Oc2ccc(OC(=O)c3ccc(OCCCCOC(C)=O)cc3)c(C)c2)cc1. The number of hydrogen-bond acceptors (Lipinski definition) is 9. The van der Waals surface area contributed by atoms with Gasteiger partial charge in [-0.25, -0.2) is 9.59 Å². The van der Waals surface area contributed by atoms with E-state index in [4.69, 9.17) is 28.4 Å². The summed E-state index contributed by atoms with van der Waals surface area (Å²) in [6.07, 6.45) is 3.26. The Bertz CT molecular complexity index is 1280. The molecule has 9 nitrogen and oxygen atoms in total. The number of carbonyl (C=O) groups is 3. The highest BCUT2D eigenvalue weighted by molar-refractivity contribution is 5.92. The standard InChI is InChI=1S/C33H38O9/c1-4-37-19-5-6-21-39-28-13-9-26(10-14-28)32(35)41-30-17-18-31(24(2)23-30)42-33(36)27-11-15-29(16-12-27)40-22-8-7-20-38-25(3)34/h9-18,23H,4-8,19-22H2,1-3H3. The van der Waals surface area contributed by atoms with Crippen LogP contribution >= 0.6 is 0 Å². The number of unbranched alkanes of at least 4 members (excludes halogenated alkanes) is 2. The van der Waals surface area contributed by atoms with Crippen molar-refractivity contribution in [3.8, 4) is 23.0 Å². The van der Waals surface area contributed by atoms with Gasteiger partial charge < -0.3 is 28.4 Å². The zero-order valence-electron chi connectivity index (χ0n) is 24.4. The van der Waals surface area contributed by atoms with Gasteiger partial charge in [-0.3, -0.25) is 4.79 Å². The predicted molar refractivity (Wildman–Crippen MR) is 157 cm³/mol. The van der Waals surface area contributed by atoms with E-state index in [9.17, 15) is 14.4 Å². The third-order valence-electron chi connectivity index (χ3n) is 6.01. The molecule has 42 heavy (non-hydrogen) atoms. The molecule has 3 rings (SSSR count). The lowest BCUT2D eigenvalue weighted by Gasteiger charge is -2.11. The molecule has 9 heteroatoms. The molecule has 0 atom stereocenters. The van der Waals surface area contributed by atoms with Crippen molar-refractivity contribution in [2.24, 2.45) is 0 Å². The number of hydrogen-bond donors (Lipinski definition) is 0. The largest absolute Gasteiger partial charge is 0.494 e. The van der Waals surface area contributed by atoms with E-state index in [1.807, 2.05) is 6.92 Å². The van der Waals surface area contributed by atoms with Crippen LogP contribution in [0, 0.1) is 6.92 Å². The quantitative estimate of drug-likeness (QED) is 0.103. The molecule has 0 saturated heterocycles. The number of rotatable bonds is 17. The van der Waals surface area contributed by atoms with Gasteiger partial charge in [-0.05, 0) is 112 Å². The molecular weight excluding hydrogens is 540 g/mol. The molecule has 0 unspecified atom stereocenters. The van der Waals surface area contributed by atoms with Crippen LogP contribution in [0.1, 0.15) is 65.8 Å². The monoisotopic (exact) mass is 578 g/mol. The highest BCUT2D eigenvalue weighted by Crippen LogP contribution is 2.26. The van der Waals surface area contributed by atoms with Gasteiger partial charge in [0.15, 0.2) is 0 Å². The van der Waals surface area contributed by atoms with Crippen LogP contribution in [0.5, 0.6) is 23.0 Å². The Morgan fingerprint density at radius 1 is 0.619 bits per heavy atom. The molecule has 0 spiro atoms. The first-order chi connectivity index (χ1) is 20.4. The normalized spacial score (nSPS) is 10.5. The van der Waals surface area contributed by atoms with Gasteiger partial charge in [0.25, 0.3) is 0 Å². The van der Waals surface area contributed by atoms with Crippen molar-refractivity contribution in [2.75, 3.05) is 33.0 Å². The molecule has 0 bridgehead atoms. The molecular formula is C33H38O9. The molecule has 0 radical (unpaired) electrons. The summed E-state index contributed by atoms with van der Waals surface area (Å²) in [5.41, 5.74) is 1.39. The lowest BCUT2D eigenvalue weighted by molar-refractivity contribution is -0.141. The van der Waals surface area contributed by atoms with Crippen LogP contribution in [-0.4, -0.2) is 50.9 Å². The Labute approximate surface area is 246 Å². The van der Waals surface area contributed by atoms with Crippen LogP contribution in [0.3, 0.4) is 0 Å². The number of ether oxygens (including phenoxy) is 6. The Balaban J connectivity index is 1.44.